The Hall–Kier alpha value is -0.520. The van der Waals surface area contributed by atoms with Crippen LogP contribution in [0.25, 0.3) is 0 Å². The van der Waals surface area contributed by atoms with Crippen LogP contribution >= 0.6 is 35.1 Å². The van der Waals surface area contributed by atoms with E-state index >= 15 is 0 Å². The fourth-order valence-corrected chi connectivity index (χ4v) is 4.51. The number of carbonyl (C=O) groups is 1. The van der Waals surface area contributed by atoms with E-state index in [1.807, 2.05) is 23.5 Å². The Bertz CT molecular complexity index is 436. The molecule has 2 N–H and O–H groups in total. The van der Waals surface area contributed by atoms with E-state index in [1.165, 1.54) is 17.6 Å². The third kappa shape index (κ3) is 3.73. The van der Waals surface area contributed by atoms with E-state index in [0.29, 0.717) is 16.0 Å². The van der Waals surface area contributed by atoms with Gasteiger partial charge in [0.2, 0.25) is 0 Å². The molecule has 0 aliphatic carbocycles. The Morgan fingerprint density at radius 1 is 1.50 bits per heavy atom. The summed E-state index contributed by atoms with van der Waals surface area (Å²) in [6.07, 6.45) is 0. The van der Waals surface area contributed by atoms with Crippen LogP contribution in [0.2, 0.25) is 5.02 Å². The molecule has 1 aliphatic heterocycles. The Morgan fingerprint density at radius 2 is 2.33 bits per heavy atom. The molecule has 18 heavy (non-hydrogen) atoms. The summed E-state index contributed by atoms with van der Waals surface area (Å²) in [5.74, 6) is 2.55. The Morgan fingerprint density at radius 3 is 3.00 bits per heavy atom. The molecule has 1 aliphatic rings. The number of carboxylic acids is 1. The second kappa shape index (κ2) is 6.59. The van der Waals surface area contributed by atoms with Crippen molar-refractivity contribution in [3.63, 3.8) is 0 Å². The molecule has 1 unspecified atom stereocenters. The van der Waals surface area contributed by atoms with E-state index in [2.05, 4.69) is 5.32 Å². The van der Waals surface area contributed by atoms with Crippen molar-refractivity contribution in [1.82, 2.24) is 0 Å². The van der Waals surface area contributed by atoms with Crippen molar-refractivity contribution < 1.29 is 9.90 Å². The lowest BCUT2D eigenvalue weighted by Crippen LogP contribution is -2.23. The van der Waals surface area contributed by atoms with E-state index in [0.717, 1.165) is 12.3 Å². The van der Waals surface area contributed by atoms with Gasteiger partial charge in [0.15, 0.2) is 0 Å². The third-order valence-electron chi connectivity index (χ3n) is 2.62. The minimum Gasteiger partial charge on any atom is -0.478 e. The van der Waals surface area contributed by atoms with Gasteiger partial charge in [-0.3, -0.25) is 0 Å². The molecule has 1 atom stereocenters. The quantitative estimate of drug-likeness (QED) is 0.894. The number of benzene rings is 1. The van der Waals surface area contributed by atoms with Gasteiger partial charge in [0, 0.05) is 39.8 Å². The first-order chi connectivity index (χ1) is 8.66. The van der Waals surface area contributed by atoms with Gasteiger partial charge < -0.3 is 10.4 Å². The van der Waals surface area contributed by atoms with Crippen LogP contribution in [0.5, 0.6) is 0 Å². The fraction of sp³-hybridized carbons (Fsp3) is 0.417. The lowest BCUT2D eigenvalue weighted by Gasteiger charge is -2.22. The van der Waals surface area contributed by atoms with Crippen LogP contribution in [0.4, 0.5) is 5.69 Å². The second-order valence-corrected chi connectivity index (χ2v) is 6.94. The predicted molar refractivity (Wildman–Crippen MR) is 80.5 cm³/mol. The zero-order valence-electron chi connectivity index (χ0n) is 9.69. The molecule has 2 rings (SSSR count). The van der Waals surface area contributed by atoms with Crippen molar-refractivity contribution in [1.29, 1.82) is 0 Å². The predicted octanol–water partition coefficient (Wildman–Crippen LogP) is 3.30. The molecule has 0 spiro atoms. The normalized spacial score (nSPS) is 19.5. The summed E-state index contributed by atoms with van der Waals surface area (Å²) in [5.41, 5.74) is 0.874. The summed E-state index contributed by atoms with van der Waals surface area (Å²) in [6, 6.07) is 4.92. The topological polar surface area (TPSA) is 49.3 Å². The summed E-state index contributed by atoms with van der Waals surface area (Å²) in [7, 11) is 0. The third-order valence-corrected chi connectivity index (χ3v) is 5.70. The highest BCUT2D eigenvalue weighted by atomic mass is 35.5. The SMILES string of the molecule is O=C(O)c1cc(Cl)ccc1NCC1CSCCS1. The minimum atomic E-state index is -0.953. The molecule has 0 bridgehead atoms. The molecular weight excluding hydrogens is 290 g/mol. The molecule has 1 fully saturated rings. The number of hydrogen-bond donors (Lipinski definition) is 2. The Labute approximate surface area is 120 Å². The maximum atomic E-state index is 11.1. The Kier molecular flexibility index (Phi) is 5.09. The van der Waals surface area contributed by atoms with E-state index in [-0.39, 0.29) is 5.56 Å². The van der Waals surface area contributed by atoms with Gasteiger partial charge in [-0.05, 0) is 18.2 Å². The number of hydrogen-bond acceptors (Lipinski definition) is 4. The molecule has 3 nitrogen and oxygen atoms in total. The van der Waals surface area contributed by atoms with Crippen LogP contribution < -0.4 is 5.32 Å². The number of thioether (sulfide) groups is 2. The average Bonchev–Trinajstić information content (AvgIpc) is 2.38. The van der Waals surface area contributed by atoms with Gasteiger partial charge >= 0.3 is 5.97 Å². The zero-order chi connectivity index (χ0) is 13.0. The summed E-state index contributed by atoms with van der Waals surface area (Å²) < 4.78 is 0. The number of nitrogens with one attached hydrogen (secondary N) is 1. The summed E-state index contributed by atoms with van der Waals surface area (Å²) in [4.78, 5) is 11.1. The van der Waals surface area contributed by atoms with Crippen molar-refractivity contribution in [2.45, 2.75) is 5.25 Å². The first-order valence-electron chi connectivity index (χ1n) is 5.63. The van der Waals surface area contributed by atoms with Crippen molar-refractivity contribution in [2.24, 2.45) is 0 Å². The van der Waals surface area contributed by atoms with E-state index < -0.39 is 5.97 Å². The maximum Gasteiger partial charge on any atom is 0.337 e. The highest BCUT2D eigenvalue weighted by Gasteiger charge is 2.16. The molecule has 1 aromatic rings. The second-order valence-electron chi connectivity index (χ2n) is 3.94. The summed E-state index contributed by atoms with van der Waals surface area (Å²) in [6.45, 7) is 0.791. The molecule has 0 aromatic heterocycles. The van der Waals surface area contributed by atoms with E-state index in [9.17, 15) is 4.79 Å². The average molecular weight is 304 g/mol. The van der Waals surface area contributed by atoms with Gasteiger partial charge in [-0.25, -0.2) is 4.79 Å². The van der Waals surface area contributed by atoms with Crippen molar-refractivity contribution in [3.8, 4) is 0 Å². The van der Waals surface area contributed by atoms with Gasteiger partial charge in [-0.1, -0.05) is 11.6 Å². The monoisotopic (exact) mass is 303 g/mol. The van der Waals surface area contributed by atoms with Gasteiger partial charge in [-0.15, -0.1) is 0 Å². The molecule has 1 saturated heterocycles. The van der Waals surface area contributed by atoms with Gasteiger partial charge in [0.1, 0.15) is 0 Å². The number of rotatable bonds is 4. The van der Waals surface area contributed by atoms with Crippen LogP contribution in [0.3, 0.4) is 0 Å². The van der Waals surface area contributed by atoms with E-state index in [4.69, 9.17) is 16.7 Å². The number of aromatic carboxylic acids is 1. The van der Waals surface area contributed by atoms with Crippen LogP contribution in [0, 0.1) is 0 Å². The Balaban J connectivity index is 2.01. The molecule has 6 heteroatoms. The lowest BCUT2D eigenvalue weighted by atomic mass is 10.2. The largest absolute Gasteiger partial charge is 0.478 e. The van der Waals surface area contributed by atoms with Gasteiger partial charge in [-0.2, -0.15) is 23.5 Å². The van der Waals surface area contributed by atoms with Crippen LogP contribution in [-0.4, -0.2) is 40.1 Å². The fourth-order valence-electron chi connectivity index (χ4n) is 1.73. The smallest absolute Gasteiger partial charge is 0.337 e. The van der Waals surface area contributed by atoms with Crippen molar-refractivity contribution in [2.75, 3.05) is 29.1 Å². The number of carboxylic acid groups (broad SMARTS) is 1. The maximum absolute atomic E-state index is 11.1. The molecule has 1 heterocycles. The highest BCUT2D eigenvalue weighted by Crippen LogP contribution is 2.26. The van der Waals surface area contributed by atoms with Crippen LogP contribution in [0.15, 0.2) is 18.2 Å². The number of anilines is 1. The zero-order valence-corrected chi connectivity index (χ0v) is 12.1. The summed E-state index contributed by atoms with van der Waals surface area (Å²) >= 11 is 9.71. The molecule has 0 amide bonds. The molecule has 98 valence electrons. The van der Waals surface area contributed by atoms with E-state index in [1.54, 1.807) is 12.1 Å². The standard InChI is InChI=1S/C12H14ClNO2S2/c13-8-1-2-11(10(5-8)12(15)16)14-6-9-7-17-3-4-18-9/h1-2,5,9,14H,3-4,6-7H2,(H,15,16). The minimum absolute atomic E-state index is 0.232. The molecule has 0 radical (unpaired) electrons. The first-order valence-corrected chi connectivity index (χ1v) is 8.21. The van der Waals surface area contributed by atoms with Crippen molar-refractivity contribution in [3.05, 3.63) is 28.8 Å². The summed E-state index contributed by atoms with van der Waals surface area (Å²) in [5, 5.41) is 13.3. The molecular formula is C12H14ClNO2S2. The lowest BCUT2D eigenvalue weighted by molar-refractivity contribution is 0.0698. The molecule has 1 aromatic carbocycles. The first kappa shape index (κ1) is 13.9. The van der Waals surface area contributed by atoms with Crippen molar-refractivity contribution >= 4 is 46.8 Å². The van der Waals surface area contributed by atoms with Gasteiger partial charge in [0.25, 0.3) is 0 Å². The molecule has 0 saturated carbocycles. The highest BCUT2D eigenvalue weighted by molar-refractivity contribution is 8.06. The number of halogens is 1. The van der Waals surface area contributed by atoms with Crippen LogP contribution in [-0.2, 0) is 0 Å². The van der Waals surface area contributed by atoms with Gasteiger partial charge in [0.05, 0.1) is 5.56 Å². The van der Waals surface area contributed by atoms with Crippen LogP contribution in [0.1, 0.15) is 10.4 Å².